The molecule has 1 fully saturated rings. The van der Waals surface area contributed by atoms with E-state index in [9.17, 15) is 4.79 Å². The Kier molecular flexibility index (Phi) is 5.43. The predicted molar refractivity (Wildman–Crippen MR) is 110 cm³/mol. The molecule has 1 saturated heterocycles. The van der Waals surface area contributed by atoms with Crippen LogP contribution in [-0.4, -0.2) is 57.1 Å². The predicted octanol–water partition coefficient (Wildman–Crippen LogP) is 2.48. The molecule has 4 rings (SSSR count). The Labute approximate surface area is 167 Å². The molecule has 0 unspecified atom stereocenters. The number of anilines is 2. The van der Waals surface area contributed by atoms with Crippen LogP contribution in [0.3, 0.4) is 0 Å². The fourth-order valence-corrected chi connectivity index (χ4v) is 3.85. The monoisotopic (exact) mass is 396 g/mol. The average Bonchev–Trinajstić information content (AvgIpc) is 3.25. The maximum absolute atomic E-state index is 12.6. The number of aromatic nitrogens is 4. The minimum atomic E-state index is -0.314. The van der Waals surface area contributed by atoms with Gasteiger partial charge in [0.05, 0.1) is 12.8 Å². The molecule has 0 spiro atoms. The van der Waals surface area contributed by atoms with Crippen molar-refractivity contribution in [3.8, 4) is 11.6 Å². The first-order valence-corrected chi connectivity index (χ1v) is 10.0. The third kappa shape index (κ3) is 3.94. The van der Waals surface area contributed by atoms with Gasteiger partial charge in [-0.1, -0.05) is 12.1 Å². The summed E-state index contributed by atoms with van der Waals surface area (Å²) in [5.74, 6) is 4.03. The second-order valence-corrected chi connectivity index (χ2v) is 7.38. The van der Waals surface area contributed by atoms with Gasteiger partial charge >= 0.3 is 0 Å². The number of hydrogen-bond acceptors (Lipinski definition) is 7. The number of rotatable bonds is 5. The summed E-state index contributed by atoms with van der Waals surface area (Å²) in [6.07, 6.45) is 4.78. The van der Waals surface area contributed by atoms with E-state index >= 15 is 0 Å². The van der Waals surface area contributed by atoms with Crippen LogP contribution in [0, 0.1) is 0 Å². The van der Waals surface area contributed by atoms with Gasteiger partial charge in [-0.3, -0.25) is 9.36 Å². The van der Waals surface area contributed by atoms with E-state index < -0.39 is 0 Å². The van der Waals surface area contributed by atoms with Crippen molar-refractivity contribution in [3.63, 3.8) is 0 Å². The van der Waals surface area contributed by atoms with Gasteiger partial charge in [-0.25, -0.2) is 15.0 Å². The number of nitrogens with zero attached hydrogens (tertiary/aromatic N) is 5. The third-order valence-corrected chi connectivity index (χ3v) is 5.35. The van der Waals surface area contributed by atoms with Gasteiger partial charge in [0.15, 0.2) is 0 Å². The lowest BCUT2D eigenvalue weighted by atomic mass is 10.3. The molecular formula is C19H20N6O2S. The fraction of sp³-hybridized carbons (Fsp3) is 0.263. The van der Waals surface area contributed by atoms with Gasteiger partial charge < -0.3 is 15.0 Å². The first kappa shape index (κ1) is 18.3. The molecule has 144 valence electrons. The molecule has 9 heteroatoms. The van der Waals surface area contributed by atoms with Crippen LogP contribution in [0.5, 0.6) is 5.75 Å². The molecular weight excluding hydrogens is 376 g/mol. The van der Waals surface area contributed by atoms with Crippen molar-refractivity contribution in [1.82, 2.24) is 19.5 Å². The summed E-state index contributed by atoms with van der Waals surface area (Å²) in [5, 5.41) is 2.82. The van der Waals surface area contributed by atoms with Gasteiger partial charge in [0.25, 0.3) is 5.91 Å². The number of para-hydroxylation sites is 2. The molecule has 0 atom stereocenters. The summed E-state index contributed by atoms with van der Waals surface area (Å²) in [6.45, 7) is 1.94. The van der Waals surface area contributed by atoms with Crippen LogP contribution >= 0.6 is 11.8 Å². The molecule has 1 aliphatic heterocycles. The fourth-order valence-electron chi connectivity index (χ4n) is 2.94. The van der Waals surface area contributed by atoms with Crippen molar-refractivity contribution < 1.29 is 9.53 Å². The van der Waals surface area contributed by atoms with Gasteiger partial charge in [0, 0.05) is 36.9 Å². The third-order valence-electron chi connectivity index (χ3n) is 4.41. The molecule has 0 radical (unpaired) electrons. The van der Waals surface area contributed by atoms with Gasteiger partial charge in [-0.2, -0.15) is 11.8 Å². The van der Waals surface area contributed by atoms with E-state index in [2.05, 4.69) is 25.2 Å². The highest BCUT2D eigenvalue weighted by Gasteiger charge is 2.16. The molecule has 2 aromatic heterocycles. The van der Waals surface area contributed by atoms with E-state index in [0.29, 0.717) is 22.9 Å². The molecule has 1 aliphatic rings. The zero-order valence-electron chi connectivity index (χ0n) is 15.4. The molecule has 28 heavy (non-hydrogen) atoms. The van der Waals surface area contributed by atoms with E-state index in [-0.39, 0.29) is 5.91 Å². The average molecular weight is 396 g/mol. The molecule has 3 aromatic rings. The lowest BCUT2D eigenvalue weighted by Crippen LogP contribution is -2.33. The second-order valence-electron chi connectivity index (χ2n) is 6.15. The van der Waals surface area contributed by atoms with Crippen molar-refractivity contribution in [1.29, 1.82) is 0 Å². The van der Waals surface area contributed by atoms with E-state index in [4.69, 9.17) is 4.74 Å². The normalized spacial score (nSPS) is 14.0. The zero-order valence-corrected chi connectivity index (χ0v) is 16.2. The summed E-state index contributed by atoms with van der Waals surface area (Å²) in [4.78, 5) is 27.7. The van der Waals surface area contributed by atoms with Gasteiger partial charge in [0.2, 0.25) is 0 Å². The van der Waals surface area contributed by atoms with Crippen molar-refractivity contribution in [2.24, 2.45) is 0 Å². The molecule has 1 amide bonds. The Morgan fingerprint density at radius 3 is 2.75 bits per heavy atom. The van der Waals surface area contributed by atoms with Crippen LogP contribution < -0.4 is 15.0 Å². The van der Waals surface area contributed by atoms with Gasteiger partial charge in [0.1, 0.15) is 35.7 Å². The number of carbonyl (C=O) groups excluding carboxylic acids is 1. The Hall–Kier alpha value is -3.07. The van der Waals surface area contributed by atoms with E-state index in [1.54, 1.807) is 42.7 Å². The van der Waals surface area contributed by atoms with Crippen LogP contribution in [0.1, 0.15) is 10.5 Å². The number of hydrogen-bond donors (Lipinski definition) is 1. The van der Waals surface area contributed by atoms with Crippen LogP contribution in [-0.2, 0) is 0 Å². The van der Waals surface area contributed by atoms with Gasteiger partial charge in [-0.15, -0.1) is 0 Å². The van der Waals surface area contributed by atoms with Crippen molar-refractivity contribution >= 4 is 29.2 Å². The van der Waals surface area contributed by atoms with Crippen LogP contribution in [0.2, 0.25) is 0 Å². The smallest absolute Gasteiger partial charge is 0.275 e. The number of amides is 1. The topological polar surface area (TPSA) is 85.2 Å². The van der Waals surface area contributed by atoms with Crippen LogP contribution in [0.25, 0.3) is 5.82 Å². The summed E-state index contributed by atoms with van der Waals surface area (Å²) in [5.41, 5.74) is 0.886. The van der Waals surface area contributed by atoms with Gasteiger partial charge in [-0.05, 0) is 12.1 Å². The Bertz CT molecular complexity index is 970. The largest absolute Gasteiger partial charge is 0.495 e. The van der Waals surface area contributed by atoms with Crippen molar-refractivity contribution in [2.75, 3.05) is 41.9 Å². The van der Waals surface area contributed by atoms with E-state index in [1.807, 2.05) is 30.0 Å². The van der Waals surface area contributed by atoms with Crippen LogP contribution in [0.15, 0.2) is 49.2 Å². The van der Waals surface area contributed by atoms with E-state index in [1.165, 1.54) is 0 Å². The number of methoxy groups -OCH3 is 1. The SMILES string of the molecule is COc1ccccc1NC(=O)c1cn(-c2cc(N3CCSCC3)ncn2)cn1. The first-order chi connectivity index (χ1) is 13.7. The molecule has 8 nitrogen and oxygen atoms in total. The number of ether oxygens (including phenoxy) is 1. The molecule has 0 bridgehead atoms. The lowest BCUT2D eigenvalue weighted by Gasteiger charge is -2.27. The number of thioether (sulfide) groups is 1. The second kappa shape index (κ2) is 8.30. The molecule has 0 saturated carbocycles. The summed E-state index contributed by atoms with van der Waals surface area (Å²) < 4.78 is 6.99. The first-order valence-electron chi connectivity index (χ1n) is 8.88. The number of benzene rings is 1. The molecule has 1 aromatic carbocycles. The quantitative estimate of drug-likeness (QED) is 0.709. The summed E-state index contributed by atoms with van der Waals surface area (Å²) in [7, 11) is 1.56. The molecule has 1 N–H and O–H groups in total. The highest BCUT2D eigenvalue weighted by molar-refractivity contribution is 7.99. The summed E-state index contributed by atoms with van der Waals surface area (Å²) in [6, 6.07) is 9.16. The van der Waals surface area contributed by atoms with E-state index in [0.717, 1.165) is 30.4 Å². The minimum absolute atomic E-state index is 0.292. The standard InChI is InChI=1S/C19H20N6O2S/c1-27-16-5-3-2-4-14(16)23-19(26)15-11-25(13-22-15)18-10-17(20-12-21-18)24-6-8-28-9-7-24/h2-5,10-13H,6-9H2,1H3,(H,23,26). The summed E-state index contributed by atoms with van der Waals surface area (Å²) >= 11 is 1.95. The zero-order chi connectivity index (χ0) is 19.3. The number of nitrogens with one attached hydrogen (secondary N) is 1. The van der Waals surface area contributed by atoms with Crippen LogP contribution in [0.4, 0.5) is 11.5 Å². The Morgan fingerprint density at radius 1 is 1.14 bits per heavy atom. The highest BCUT2D eigenvalue weighted by Crippen LogP contribution is 2.24. The van der Waals surface area contributed by atoms with Crippen molar-refractivity contribution in [3.05, 3.63) is 54.9 Å². The Balaban J connectivity index is 1.52. The van der Waals surface area contributed by atoms with Crippen molar-refractivity contribution in [2.45, 2.75) is 0 Å². The minimum Gasteiger partial charge on any atom is -0.495 e. The number of imidazole rings is 1. The lowest BCUT2D eigenvalue weighted by molar-refractivity contribution is 0.102. The maximum atomic E-state index is 12.6. The molecule has 0 aliphatic carbocycles. The molecule has 3 heterocycles. The highest BCUT2D eigenvalue weighted by atomic mass is 32.2. The number of carbonyl (C=O) groups is 1. The maximum Gasteiger partial charge on any atom is 0.275 e. The Morgan fingerprint density at radius 2 is 1.93 bits per heavy atom.